The lowest BCUT2D eigenvalue weighted by molar-refractivity contribution is -0.154. The molecule has 1 saturated carbocycles. The highest BCUT2D eigenvalue weighted by Gasteiger charge is 2.33. The number of ether oxygens (including phenoxy) is 2. The number of alkyl halides is 3. The second-order valence-electron chi connectivity index (χ2n) is 8.71. The quantitative estimate of drug-likeness (QED) is 0.732. The number of carbonyl (C=O) groups excluding carboxylic acids is 1. The van der Waals surface area contributed by atoms with Crippen LogP contribution >= 0.6 is 0 Å². The highest BCUT2D eigenvalue weighted by atomic mass is 19.4. The van der Waals surface area contributed by atoms with Gasteiger partial charge in [-0.1, -0.05) is 6.07 Å². The first-order valence-corrected chi connectivity index (χ1v) is 11.1. The highest BCUT2D eigenvalue weighted by molar-refractivity contribution is 5.76. The van der Waals surface area contributed by atoms with Crippen molar-refractivity contribution in [2.45, 2.75) is 50.7 Å². The minimum absolute atomic E-state index is 0.117. The molecule has 31 heavy (non-hydrogen) atoms. The number of benzene rings is 1. The van der Waals surface area contributed by atoms with E-state index in [1.807, 2.05) is 12.1 Å². The van der Waals surface area contributed by atoms with Gasteiger partial charge < -0.3 is 19.7 Å². The Kier molecular flexibility index (Phi) is 6.79. The van der Waals surface area contributed by atoms with Gasteiger partial charge in [-0.05, 0) is 56.7 Å². The molecule has 0 radical (unpaired) electrons. The Hall–Kier alpha value is -2.16. The summed E-state index contributed by atoms with van der Waals surface area (Å²) in [7, 11) is 0. The number of nitrogens with zero attached hydrogens (tertiary/aromatic N) is 2. The summed E-state index contributed by atoms with van der Waals surface area (Å²) in [4.78, 5) is 16.3. The first-order valence-electron chi connectivity index (χ1n) is 11.1. The molecule has 6 nitrogen and oxygen atoms in total. The first-order chi connectivity index (χ1) is 14.9. The van der Waals surface area contributed by atoms with Crippen molar-refractivity contribution in [1.82, 2.24) is 10.2 Å². The van der Waals surface area contributed by atoms with Gasteiger partial charge in [-0.3, -0.25) is 9.69 Å². The molecule has 2 aliphatic heterocycles. The van der Waals surface area contributed by atoms with Crippen LogP contribution in [0.1, 0.15) is 38.5 Å². The Morgan fingerprint density at radius 3 is 2.52 bits per heavy atom. The standard InChI is InChI=1S/C22H30F3N3O3/c23-22(24,25)14-20(29)26-17-6-4-16(5-7-17)8-9-27-10-12-28(13-11-27)18-2-1-3-19-21(18)31-15-30-19/h1-3,16-17H,4-15H2,(H,26,29). The Balaban J connectivity index is 1.15. The third-order valence-corrected chi connectivity index (χ3v) is 6.52. The molecule has 1 saturated heterocycles. The third-order valence-electron chi connectivity index (χ3n) is 6.52. The van der Waals surface area contributed by atoms with Gasteiger partial charge in [0.25, 0.3) is 0 Å². The van der Waals surface area contributed by atoms with Crippen molar-refractivity contribution in [2.75, 3.05) is 44.4 Å². The normalized spacial score (nSPS) is 24.3. The summed E-state index contributed by atoms with van der Waals surface area (Å²) in [6.45, 7) is 5.19. The van der Waals surface area contributed by atoms with E-state index in [1.54, 1.807) is 0 Å². The van der Waals surface area contributed by atoms with E-state index in [-0.39, 0.29) is 12.8 Å². The average Bonchev–Trinajstić information content (AvgIpc) is 3.21. The van der Waals surface area contributed by atoms with E-state index in [1.165, 1.54) is 0 Å². The fourth-order valence-corrected chi connectivity index (χ4v) is 4.80. The number of hydrogen-bond acceptors (Lipinski definition) is 5. The van der Waals surface area contributed by atoms with Gasteiger partial charge in [0.1, 0.15) is 6.42 Å². The predicted molar refractivity (Wildman–Crippen MR) is 110 cm³/mol. The molecule has 0 spiro atoms. The molecular weight excluding hydrogens is 411 g/mol. The molecule has 4 rings (SSSR count). The Morgan fingerprint density at radius 2 is 1.81 bits per heavy atom. The predicted octanol–water partition coefficient (Wildman–Crippen LogP) is 3.55. The summed E-state index contributed by atoms with van der Waals surface area (Å²) in [5.74, 6) is 1.33. The van der Waals surface area contributed by atoms with Crippen LogP contribution in [0.5, 0.6) is 11.5 Å². The summed E-state index contributed by atoms with van der Waals surface area (Å²) in [6.07, 6.45) is -1.27. The number of nitrogens with one attached hydrogen (secondary N) is 1. The van der Waals surface area contributed by atoms with Crippen LogP contribution in [0.4, 0.5) is 18.9 Å². The highest BCUT2D eigenvalue weighted by Crippen LogP contribution is 2.41. The molecular formula is C22H30F3N3O3. The van der Waals surface area contributed by atoms with E-state index >= 15 is 0 Å². The maximum absolute atomic E-state index is 12.3. The molecule has 2 heterocycles. The smallest absolute Gasteiger partial charge is 0.397 e. The molecule has 3 aliphatic rings. The number of hydrogen-bond donors (Lipinski definition) is 1. The van der Waals surface area contributed by atoms with Crippen LogP contribution in [0.15, 0.2) is 18.2 Å². The molecule has 1 aromatic carbocycles. The molecule has 172 valence electrons. The van der Waals surface area contributed by atoms with Gasteiger partial charge in [-0.25, -0.2) is 0 Å². The fourth-order valence-electron chi connectivity index (χ4n) is 4.80. The fraction of sp³-hybridized carbons (Fsp3) is 0.682. The van der Waals surface area contributed by atoms with Crippen molar-refractivity contribution in [3.8, 4) is 11.5 Å². The molecule has 2 fully saturated rings. The minimum atomic E-state index is -4.44. The average molecular weight is 441 g/mol. The number of rotatable bonds is 6. The number of carbonyl (C=O) groups is 1. The van der Waals surface area contributed by atoms with Crippen LogP contribution in [0, 0.1) is 5.92 Å². The number of halogens is 3. The maximum Gasteiger partial charge on any atom is 0.397 e. The molecule has 0 aromatic heterocycles. The van der Waals surface area contributed by atoms with E-state index in [2.05, 4.69) is 21.2 Å². The molecule has 0 bridgehead atoms. The molecule has 1 aromatic rings. The third kappa shape index (κ3) is 5.96. The zero-order valence-corrected chi connectivity index (χ0v) is 17.6. The second kappa shape index (κ2) is 9.54. The molecule has 1 amide bonds. The van der Waals surface area contributed by atoms with Crippen molar-refractivity contribution < 1.29 is 27.4 Å². The van der Waals surface area contributed by atoms with E-state index in [0.717, 1.165) is 82.0 Å². The van der Waals surface area contributed by atoms with E-state index in [9.17, 15) is 18.0 Å². The van der Waals surface area contributed by atoms with Gasteiger partial charge in [0.05, 0.1) is 5.69 Å². The maximum atomic E-state index is 12.3. The monoisotopic (exact) mass is 441 g/mol. The van der Waals surface area contributed by atoms with E-state index < -0.39 is 18.5 Å². The van der Waals surface area contributed by atoms with Crippen LogP contribution in [0.3, 0.4) is 0 Å². The van der Waals surface area contributed by atoms with E-state index in [0.29, 0.717) is 5.92 Å². The summed E-state index contributed by atoms with van der Waals surface area (Å²) in [6, 6.07) is 5.89. The zero-order valence-electron chi connectivity index (χ0n) is 17.6. The molecule has 1 aliphatic carbocycles. The van der Waals surface area contributed by atoms with Gasteiger partial charge in [0, 0.05) is 32.2 Å². The number of para-hydroxylation sites is 1. The van der Waals surface area contributed by atoms with Gasteiger partial charge >= 0.3 is 6.18 Å². The Morgan fingerprint density at radius 1 is 1.06 bits per heavy atom. The van der Waals surface area contributed by atoms with Crippen molar-refractivity contribution in [3.63, 3.8) is 0 Å². The van der Waals surface area contributed by atoms with Crippen molar-refractivity contribution in [2.24, 2.45) is 5.92 Å². The lowest BCUT2D eigenvalue weighted by atomic mass is 9.84. The summed E-state index contributed by atoms with van der Waals surface area (Å²) >= 11 is 0. The van der Waals surface area contributed by atoms with Crippen LogP contribution in [0.2, 0.25) is 0 Å². The molecule has 0 unspecified atom stereocenters. The number of fused-ring (bicyclic) bond motifs is 1. The van der Waals surface area contributed by atoms with Crippen LogP contribution in [0.25, 0.3) is 0 Å². The lowest BCUT2D eigenvalue weighted by Gasteiger charge is -2.37. The SMILES string of the molecule is O=C(CC(F)(F)F)NC1CCC(CCN2CCN(c3cccc4c3OCO4)CC2)CC1. The van der Waals surface area contributed by atoms with Gasteiger partial charge in [-0.15, -0.1) is 0 Å². The Bertz CT molecular complexity index is 758. The summed E-state index contributed by atoms with van der Waals surface area (Å²) in [5, 5.41) is 2.55. The summed E-state index contributed by atoms with van der Waals surface area (Å²) < 4.78 is 48.0. The van der Waals surface area contributed by atoms with Crippen molar-refractivity contribution in [1.29, 1.82) is 0 Å². The van der Waals surface area contributed by atoms with Crippen LogP contribution in [-0.2, 0) is 4.79 Å². The van der Waals surface area contributed by atoms with E-state index in [4.69, 9.17) is 9.47 Å². The van der Waals surface area contributed by atoms with Crippen LogP contribution in [-0.4, -0.2) is 62.5 Å². The largest absolute Gasteiger partial charge is 0.454 e. The van der Waals surface area contributed by atoms with Gasteiger partial charge in [-0.2, -0.15) is 13.2 Å². The zero-order chi connectivity index (χ0) is 21.8. The lowest BCUT2D eigenvalue weighted by Crippen LogP contribution is -2.47. The number of amides is 1. The van der Waals surface area contributed by atoms with Gasteiger partial charge in [0.15, 0.2) is 11.5 Å². The topological polar surface area (TPSA) is 54.0 Å². The van der Waals surface area contributed by atoms with Crippen molar-refractivity contribution >= 4 is 11.6 Å². The second-order valence-corrected chi connectivity index (χ2v) is 8.71. The molecule has 0 atom stereocenters. The van der Waals surface area contributed by atoms with Crippen molar-refractivity contribution in [3.05, 3.63) is 18.2 Å². The number of anilines is 1. The summed E-state index contributed by atoms with van der Waals surface area (Å²) in [5.41, 5.74) is 1.10. The molecule has 1 N–H and O–H groups in total. The first kappa shape index (κ1) is 22.0. The molecule has 9 heteroatoms. The Labute approximate surface area is 180 Å². The minimum Gasteiger partial charge on any atom is -0.454 e. The number of piperazine rings is 1. The van der Waals surface area contributed by atoms with Crippen LogP contribution < -0.4 is 19.7 Å². The van der Waals surface area contributed by atoms with Gasteiger partial charge in [0.2, 0.25) is 12.7 Å².